The molecule has 64 valence electrons. The van der Waals surface area contributed by atoms with Crippen molar-refractivity contribution in [3.8, 4) is 0 Å². The average Bonchev–Trinajstić information content (AvgIpc) is 2.86. The zero-order valence-corrected chi connectivity index (χ0v) is 7.08. The van der Waals surface area contributed by atoms with Crippen LogP contribution in [0.5, 0.6) is 0 Å². The zero-order chi connectivity index (χ0) is 7.97. The van der Waals surface area contributed by atoms with Gasteiger partial charge in [-0.2, -0.15) is 5.10 Å². The monoisotopic (exact) mass is 163 g/mol. The lowest BCUT2D eigenvalue weighted by atomic mass is 10.1. The van der Waals surface area contributed by atoms with Crippen molar-refractivity contribution < 1.29 is 0 Å². The van der Waals surface area contributed by atoms with Crippen molar-refractivity contribution in [1.82, 2.24) is 15.1 Å². The van der Waals surface area contributed by atoms with Gasteiger partial charge in [0, 0.05) is 6.54 Å². The molecule has 2 heterocycles. The van der Waals surface area contributed by atoms with Crippen LogP contribution in [0.15, 0.2) is 6.20 Å². The van der Waals surface area contributed by atoms with E-state index < -0.39 is 0 Å². The summed E-state index contributed by atoms with van der Waals surface area (Å²) in [6, 6.07) is 0.730. The number of hydrogen-bond acceptors (Lipinski definition) is 2. The van der Waals surface area contributed by atoms with Crippen LogP contribution in [-0.2, 0) is 13.0 Å². The summed E-state index contributed by atoms with van der Waals surface area (Å²) in [5.74, 6) is 0. The highest BCUT2D eigenvalue weighted by atomic mass is 15.3. The number of fused-ring (bicyclic) bond motifs is 1. The molecule has 12 heavy (non-hydrogen) atoms. The lowest BCUT2D eigenvalue weighted by molar-refractivity contribution is 0.551. The van der Waals surface area contributed by atoms with Gasteiger partial charge in [0.15, 0.2) is 0 Å². The minimum Gasteiger partial charge on any atom is -0.311 e. The summed E-state index contributed by atoms with van der Waals surface area (Å²) in [6.45, 7) is 2.13. The highest BCUT2D eigenvalue weighted by molar-refractivity contribution is 5.21. The second-order valence-corrected chi connectivity index (χ2v) is 3.72. The van der Waals surface area contributed by atoms with Gasteiger partial charge in [-0.3, -0.25) is 4.68 Å². The first-order chi connectivity index (χ1) is 5.95. The van der Waals surface area contributed by atoms with E-state index in [1.807, 2.05) is 0 Å². The van der Waals surface area contributed by atoms with Crippen LogP contribution in [0.2, 0.25) is 0 Å². The first-order valence-electron chi connectivity index (χ1n) is 4.71. The van der Waals surface area contributed by atoms with Gasteiger partial charge >= 0.3 is 0 Å². The fourth-order valence-corrected chi connectivity index (χ4v) is 1.89. The molecule has 3 nitrogen and oxygen atoms in total. The largest absolute Gasteiger partial charge is 0.311 e. The van der Waals surface area contributed by atoms with Gasteiger partial charge in [0.25, 0.3) is 0 Å². The molecular weight excluding hydrogens is 150 g/mol. The van der Waals surface area contributed by atoms with E-state index in [1.54, 1.807) is 0 Å². The quantitative estimate of drug-likeness (QED) is 0.665. The molecule has 1 aromatic rings. The summed E-state index contributed by atoms with van der Waals surface area (Å²) in [4.78, 5) is 0. The van der Waals surface area contributed by atoms with Crippen molar-refractivity contribution in [2.24, 2.45) is 0 Å². The Balaban J connectivity index is 2.03. The van der Waals surface area contributed by atoms with E-state index >= 15 is 0 Å². The van der Waals surface area contributed by atoms with E-state index in [1.165, 1.54) is 24.1 Å². The Labute approximate surface area is 71.8 Å². The van der Waals surface area contributed by atoms with Crippen LogP contribution in [0.3, 0.4) is 0 Å². The summed E-state index contributed by atoms with van der Waals surface area (Å²) in [6.07, 6.45) is 5.86. The number of nitrogens with zero attached hydrogens (tertiary/aromatic N) is 2. The van der Waals surface area contributed by atoms with Crippen LogP contribution in [0.25, 0.3) is 0 Å². The van der Waals surface area contributed by atoms with Crippen LogP contribution in [0.1, 0.15) is 30.1 Å². The first kappa shape index (κ1) is 6.66. The molecule has 0 bridgehead atoms. The van der Waals surface area contributed by atoms with Crippen molar-refractivity contribution in [3.05, 3.63) is 17.5 Å². The summed E-state index contributed by atoms with van der Waals surface area (Å²) in [5, 5.41) is 7.83. The third kappa shape index (κ3) is 0.894. The van der Waals surface area contributed by atoms with E-state index in [-0.39, 0.29) is 0 Å². The Morgan fingerprint density at radius 2 is 2.42 bits per heavy atom. The SMILES string of the molecule is c1nn(C2CC2)c2c1CCNC2. The predicted octanol–water partition coefficient (Wildman–Crippen LogP) is 0.864. The molecule has 3 heteroatoms. The molecule has 0 spiro atoms. The van der Waals surface area contributed by atoms with Crippen LogP contribution in [0.4, 0.5) is 0 Å². The molecule has 0 saturated heterocycles. The molecule has 1 fully saturated rings. The van der Waals surface area contributed by atoms with Gasteiger partial charge in [-0.25, -0.2) is 0 Å². The van der Waals surface area contributed by atoms with Gasteiger partial charge in [-0.05, 0) is 31.4 Å². The maximum Gasteiger partial charge on any atom is 0.0557 e. The zero-order valence-electron chi connectivity index (χ0n) is 7.08. The van der Waals surface area contributed by atoms with E-state index in [0.29, 0.717) is 0 Å². The third-order valence-electron chi connectivity index (χ3n) is 2.74. The smallest absolute Gasteiger partial charge is 0.0557 e. The first-order valence-corrected chi connectivity index (χ1v) is 4.71. The van der Waals surface area contributed by atoms with E-state index in [0.717, 1.165) is 25.6 Å². The van der Waals surface area contributed by atoms with Crippen LogP contribution >= 0.6 is 0 Å². The Bertz CT molecular complexity index is 299. The highest BCUT2D eigenvalue weighted by Gasteiger charge is 2.28. The third-order valence-corrected chi connectivity index (χ3v) is 2.74. The van der Waals surface area contributed by atoms with Crippen molar-refractivity contribution in [2.75, 3.05) is 6.54 Å². The fourth-order valence-electron chi connectivity index (χ4n) is 1.89. The van der Waals surface area contributed by atoms with Crippen molar-refractivity contribution in [1.29, 1.82) is 0 Å². The highest BCUT2D eigenvalue weighted by Crippen LogP contribution is 2.36. The van der Waals surface area contributed by atoms with Gasteiger partial charge in [-0.15, -0.1) is 0 Å². The van der Waals surface area contributed by atoms with E-state index in [4.69, 9.17) is 0 Å². The molecule has 2 aliphatic rings. The molecule has 1 N–H and O–H groups in total. The van der Waals surface area contributed by atoms with E-state index in [9.17, 15) is 0 Å². The summed E-state index contributed by atoms with van der Waals surface area (Å²) in [5.41, 5.74) is 2.89. The van der Waals surface area contributed by atoms with Crippen LogP contribution in [0, 0.1) is 0 Å². The Hall–Kier alpha value is -0.830. The van der Waals surface area contributed by atoms with Crippen molar-refractivity contribution >= 4 is 0 Å². The minimum atomic E-state index is 0.730. The molecular formula is C9H13N3. The molecule has 0 amide bonds. The maximum absolute atomic E-state index is 4.44. The predicted molar refractivity (Wildman–Crippen MR) is 45.9 cm³/mol. The molecule has 1 aliphatic heterocycles. The molecule has 3 rings (SSSR count). The standard InChI is InChI=1S/C9H13N3/c1-2-8(1)12-9-6-10-4-3-7(9)5-11-12/h5,8,10H,1-4,6H2. The second-order valence-electron chi connectivity index (χ2n) is 3.72. The van der Waals surface area contributed by atoms with Gasteiger partial charge in [-0.1, -0.05) is 0 Å². The summed E-state index contributed by atoms with van der Waals surface area (Å²) in [7, 11) is 0. The topological polar surface area (TPSA) is 29.9 Å². The molecule has 0 aromatic carbocycles. The lowest BCUT2D eigenvalue weighted by Gasteiger charge is -2.14. The maximum atomic E-state index is 4.44. The molecule has 1 aromatic heterocycles. The van der Waals surface area contributed by atoms with Crippen LogP contribution in [-0.4, -0.2) is 16.3 Å². The van der Waals surface area contributed by atoms with E-state index in [2.05, 4.69) is 21.3 Å². The molecule has 1 aliphatic carbocycles. The van der Waals surface area contributed by atoms with Crippen LogP contribution < -0.4 is 5.32 Å². The Kier molecular flexibility index (Phi) is 1.29. The molecule has 0 radical (unpaired) electrons. The van der Waals surface area contributed by atoms with Gasteiger partial charge < -0.3 is 5.32 Å². The molecule has 0 atom stereocenters. The lowest BCUT2D eigenvalue weighted by Crippen LogP contribution is -2.25. The Morgan fingerprint density at radius 1 is 1.50 bits per heavy atom. The Morgan fingerprint density at radius 3 is 3.25 bits per heavy atom. The normalized spacial score (nSPS) is 22.3. The number of aromatic nitrogens is 2. The fraction of sp³-hybridized carbons (Fsp3) is 0.667. The number of nitrogens with one attached hydrogen (secondary N) is 1. The van der Waals surface area contributed by atoms with Crippen molar-refractivity contribution in [2.45, 2.75) is 31.8 Å². The summed E-state index contributed by atoms with van der Waals surface area (Å²) < 4.78 is 2.22. The average molecular weight is 163 g/mol. The second kappa shape index (κ2) is 2.33. The number of hydrogen-bond donors (Lipinski definition) is 1. The van der Waals surface area contributed by atoms with Crippen molar-refractivity contribution in [3.63, 3.8) is 0 Å². The number of rotatable bonds is 1. The van der Waals surface area contributed by atoms with Gasteiger partial charge in [0.05, 0.1) is 17.9 Å². The van der Waals surface area contributed by atoms with Gasteiger partial charge in [0.1, 0.15) is 0 Å². The van der Waals surface area contributed by atoms with Gasteiger partial charge in [0.2, 0.25) is 0 Å². The summed E-state index contributed by atoms with van der Waals surface area (Å²) >= 11 is 0. The molecule has 0 unspecified atom stereocenters. The minimum absolute atomic E-state index is 0.730. The molecule has 1 saturated carbocycles.